The van der Waals surface area contributed by atoms with Crippen LogP contribution >= 0.6 is 0 Å². The zero-order valence-corrected chi connectivity index (χ0v) is 11.9. The molecule has 0 saturated carbocycles. The van der Waals surface area contributed by atoms with Gasteiger partial charge < -0.3 is 9.15 Å². The minimum absolute atomic E-state index is 0.0207. The van der Waals surface area contributed by atoms with Gasteiger partial charge in [0.15, 0.2) is 0 Å². The number of amides is 1. The van der Waals surface area contributed by atoms with Gasteiger partial charge in [0.25, 0.3) is 0 Å². The lowest BCUT2D eigenvalue weighted by Gasteiger charge is -2.18. The Morgan fingerprint density at radius 1 is 1.38 bits per heavy atom. The summed E-state index contributed by atoms with van der Waals surface area (Å²) in [5, 5.41) is 11.4. The number of hydrogen-bond donors (Lipinski definition) is 1. The summed E-state index contributed by atoms with van der Waals surface area (Å²) in [6.07, 6.45) is 2.44. The average Bonchev–Trinajstić information content (AvgIpc) is 2.80. The van der Waals surface area contributed by atoms with Crippen LogP contribution in [0.3, 0.4) is 0 Å². The number of nitriles is 1. The number of hydrogen-bond acceptors (Lipinski definition) is 6. The van der Waals surface area contributed by atoms with Crippen molar-refractivity contribution in [2.45, 2.75) is 26.4 Å². The fraction of sp³-hybridized carbons (Fsp3) is 0.286. The maximum Gasteiger partial charge on any atom is 0.414 e. The van der Waals surface area contributed by atoms with Crippen LogP contribution in [0.2, 0.25) is 0 Å². The third-order valence-electron chi connectivity index (χ3n) is 2.27. The highest BCUT2D eigenvalue weighted by atomic mass is 16.6. The van der Waals surface area contributed by atoms with Crippen LogP contribution in [0.25, 0.3) is 11.5 Å². The molecule has 2 heterocycles. The molecule has 7 heteroatoms. The first-order valence-corrected chi connectivity index (χ1v) is 6.20. The quantitative estimate of drug-likeness (QED) is 0.910. The topological polar surface area (TPSA) is 101 Å². The van der Waals surface area contributed by atoms with Crippen LogP contribution in [0.4, 0.5) is 10.7 Å². The maximum absolute atomic E-state index is 11.7. The largest absolute Gasteiger partial charge is 0.444 e. The lowest BCUT2D eigenvalue weighted by Crippen LogP contribution is -2.27. The molecular formula is C14H14N4O3. The third kappa shape index (κ3) is 3.79. The third-order valence-corrected chi connectivity index (χ3v) is 2.27. The molecule has 2 aromatic rings. The van der Waals surface area contributed by atoms with Crippen LogP contribution in [-0.4, -0.2) is 21.7 Å². The van der Waals surface area contributed by atoms with Gasteiger partial charge in [-0.1, -0.05) is 0 Å². The standard InChI is InChI=1S/C14H14N4O3/c1-14(2,3)21-13(19)18-12-10(8-15)17-11(20-12)9-4-6-16-7-5-9/h4-7H,1-3H3,(H,18,19). The van der Waals surface area contributed by atoms with Crippen molar-refractivity contribution in [3.8, 4) is 17.5 Å². The molecule has 0 atom stereocenters. The van der Waals surface area contributed by atoms with Gasteiger partial charge in [-0.2, -0.15) is 10.2 Å². The molecule has 1 amide bonds. The summed E-state index contributed by atoms with van der Waals surface area (Å²) in [5.74, 6) is 0.179. The van der Waals surface area contributed by atoms with Crippen molar-refractivity contribution >= 4 is 12.0 Å². The van der Waals surface area contributed by atoms with Gasteiger partial charge in [-0.3, -0.25) is 10.3 Å². The summed E-state index contributed by atoms with van der Waals surface area (Å²) in [6.45, 7) is 5.21. The van der Waals surface area contributed by atoms with Gasteiger partial charge in [0.2, 0.25) is 17.5 Å². The Labute approximate surface area is 121 Å². The molecule has 0 fully saturated rings. The number of anilines is 1. The number of rotatable bonds is 2. The van der Waals surface area contributed by atoms with E-state index in [2.05, 4.69) is 15.3 Å². The first-order valence-electron chi connectivity index (χ1n) is 6.20. The Bertz CT molecular complexity index is 680. The number of aromatic nitrogens is 2. The molecule has 0 aliphatic heterocycles. The molecule has 0 saturated heterocycles. The fourth-order valence-electron chi connectivity index (χ4n) is 1.49. The summed E-state index contributed by atoms with van der Waals surface area (Å²) in [6, 6.07) is 5.23. The summed E-state index contributed by atoms with van der Waals surface area (Å²) in [4.78, 5) is 19.6. The molecule has 0 spiro atoms. The van der Waals surface area contributed by atoms with E-state index in [4.69, 9.17) is 14.4 Å². The molecule has 0 radical (unpaired) electrons. The second-order valence-corrected chi connectivity index (χ2v) is 5.17. The average molecular weight is 286 g/mol. The summed E-state index contributed by atoms with van der Waals surface area (Å²) >= 11 is 0. The number of oxazole rings is 1. The highest BCUT2D eigenvalue weighted by molar-refractivity contribution is 5.84. The Morgan fingerprint density at radius 2 is 2.05 bits per heavy atom. The molecule has 0 aliphatic rings. The zero-order valence-electron chi connectivity index (χ0n) is 11.9. The van der Waals surface area contributed by atoms with Gasteiger partial charge in [0.1, 0.15) is 11.7 Å². The van der Waals surface area contributed by atoms with Crippen molar-refractivity contribution < 1.29 is 13.9 Å². The molecule has 0 unspecified atom stereocenters. The van der Waals surface area contributed by atoms with Crippen LogP contribution < -0.4 is 5.32 Å². The van der Waals surface area contributed by atoms with Crippen molar-refractivity contribution in [1.82, 2.24) is 9.97 Å². The Balaban J connectivity index is 2.23. The molecule has 108 valence electrons. The molecule has 0 bridgehead atoms. The predicted octanol–water partition coefficient (Wildman–Crippen LogP) is 2.96. The normalized spacial score (nSPS) is 10.8. The van der Waals surface area contributed by atoms with E-state index < -0.39 is 11.7 Å². The van der Waals surface area contributed by atoms with E-state index in [1.807, 2.05) is 6.07 Å². The van der Waals surface area contributed by atoms with Crippen LogP contribution in [0.15, 0.2) is 28.9 Å². The number of nitrogens with one attached hydrogen (secondary N) is 1. The summed E-state index contributed by atoms with van der Waals surface area (Å²) in [7, 11) is 0. The number of ether oxygens (including phenoxy) is 1. The Kier molecular flexibility index (Phi) is 3.89. The zero-order chi connectivity index (χ0) is 15.5. The van der Waals surface area contributed by atoms with Gasteiger partial charge in [0, 0.05) is 18.0 Å². The number of pyridine rings is 1. The van der Waals surface area contributed by atoms with Gasteiger partial charge in [0.05, 0.1) is 0 Å². The van der Waals surface area contributed by atoms with E-state index in [-0.39, 0.29) is 17.5 Å². The monoisotopic (exact) mass is 286 g/mol. The first kappa shape index (κ1) is 14.5. The minimum atomic E-state index is -0.712. The van der Waals surface area contributed by atoms with E-state index in [0.717, 1.165) is 0 Å². The highest BCUT2D eigenvalue weighted by Crippen LogP contribution is 2.25. The number of nitrogens with zero attached hydrogens (tertiary/aromatic N) is 3. The van der Waals surface area contributed by atoms with Gasteiger partial charge in [-0.05, 0) is 32.9 Å². The summed E-state index contributed by atoms with van der Waals surface area (Å²) < 4.78 is 10.5. The van der Waals surface area contributed by atoms with Crippen LogP contribution in [0.5, 0.6) is 0 Å². The SMILES string of the molecule is CC(C)(C)OC(=O)Nc1oc(-c2ccncc2)nc1C#N. The molecule has 7 nitrogen and oxygen atoms in total. The molecule has 21 heavy (non-hydrogen) atoms. The minimum Gasteiger partial charge on any atom is -0.444 e. The number of carbonyl (C=O) groups is 1. The van der Waals surface area contributed by atoms with E-state index in [9.17, 15) is 4.79 Å². The molecule has 0 aliphatic carbocycles. The predicted molar refractivity (Wildman–Crippen MR) is 74.3 cm³/mol. The summed E-state index contributed by atoms with van der Waals surface area (Å²) in [5.41, 5.74) is -0.0170. The molecular weight excluding hydrogens is 272 g/mol. The fourth-order valence-corrected chi connectivity index (χ4v) is 1.49. The van der Waals surface area contributed by atoms with Gasteiger partial charge in [-0.15, -0.1) is 0 Å². The van der Waals surface area contributed by atoms with Gasteiger partial charge in [-0.25, -0.2) is 4.79 Å². The van der Waals surface area contributed by atoms with Crippen molar-refractivity contribution in [3.05, 3.63) is 30.2 Å². The van der Waals surface area contributed by atoms with E-state index in [1.54, 1.807) is 45.3 Å². The van der Waals surface area contributed by atoms with Crippen molar-refractivity contribution in [2.24, 2.45) is 0 Å². The van der Waals surface area contributed by atoms with Crippen LogP contribution in [0.1, 0.15) is 26.5 Å². The van der Waals surface area contributed by atoms with E-state index in [1.165, 1.54) is 0 Å². The second-order valence-electron chi connectivity index (χ2n) is 5.17. The van der Waals surface area contributed by atoms with Crippen molar-refractivity contribution in [2.75, 3.05) is 5.32 Å². The highest BCUT2D eigenvalue weighted by Gasteiger charge is 2.21. The van der Waals surface area contributed by atoms with E-state index >= 15 is 0 Å². The Hall–Kier alpha value is -2.88. The van der Waals surface area contributed by atoms with Crippen LogP contribution in [0, 0.1) is 11.3 Å². The lowest BCUT2D eigenvalue weighted by atomic mass is 10.2. The second kappa shape index (κ2) is 5.63. The van der Waals surface area contributed by atoms with Crippen molar-refractivity contribution in [3.63, 3.8) is 0 Å². The number of carbonyl (C=O) groups excluding carboxylic acids is 1. The Morgan fingerprint density at radius 3 is 2.62 bits per heavy atom. The van der Waals surface area contributed by atoms with E-state index in [0.29, 0.717) is 5.56 Å². The molecule has 0 aromatic carbocycles. The maximum atomic E-state index is 11.7. The van der Waals surface area contributed by atoms with Crippen LogP contribution in [-0.2, 0) is 4.74 Å². The first-order chi connectivity index (χ1) is 9.89. The molecule has 2 aromatic heterocycles. The lowest BCUT2D eigenvalue weighted by molar-refractivity contribution is 0.0632. The van der Waals surface area contributed by atoms with Crippen molar-refractivity contribution in [1.29, 1.82) is 5.26 Å². The van der Waals surface area contributed by atoms with Gasteiger partial charge >= 0.3 is 6.09 Å². The smallest absolute Gasteiger partial charge is 0.414 e. The molecule has 2 rings (SSSR count). The molecule has 1 N–H and O–H groups in total.